The molecule has 1 aromatic rings. The van der Waals surface area contributed by atoms with Gasteiger partial charge in [0.15, 0.2) is 0 Å². The number of nitrogens with one attached hydrogen (secondary N) is 1. The molecule has 0 aliphatic heterocycles. The van der Waals surface area contributed by atoms with Crippen LogP contribution in [0.1, 0.15) is 25.2 Å². The lowest BCUT2D eigenvalue weighted by molar-refractivity contribution is 0.420. The van der Waals surface area contributed by atoms with E-state index in [0.717, 1.165) is 36.0 Å². The molecule has 0 aliphatic rings. The van der Waals surface area contributed by atoms with Gasteiger partial charge in [0.1, 0.15) is 0 Å². The second-order valence-corrected chi connectivity index (χ2v) is 4.46. The van der Waals surface area contributed by atoms with Gasteiger partial charge in [0.2, 0.25) is 0 Å². The van der Waals surface area contributed by atoms with Gasteiger partial charge in [0.25, 0.3) is 0 Å². The minimum atomic E-state index is 0.569. The SMILES string of the molecule is CCNCC(C)Cn1nc(C)c(Cl)c1C. The summed E-state index contributed by atoms with van der Waals surface area (Å²) in [6.45, 7) is 11.3. The van der Waals surface area contributed by atoms with Crippen LogP contribution in [0.15, 0.2) is 0 Å². The van der Waals surface area contributed by atoms with Gasteiger partial charge in [-0.15, -0.1) is 0 Å². The Kier molecular flexibility index (Phi) is 4.61. The lowest BCUT2D eigenvalue weighted by Gasteiger charge is -2.12. The Hall–Kier alpha value is -0.540. The molecule has 0 saturated heterocycles. The monoisotopic (exact) mass is 229 g/mol. The number of halogens is 1. The molecule has 15 heavy (non-hydrogen) atoms. The summed E-state index contributed by atoms with van der Waals surface area (Å²) in [5.74, 6) is 0.569. The van der Waals surface area contributed by atoms with Crippen molar-refractivity contribution in [3.05, 3.63) is 16.4 Å². The number of rotatable bonds is 5. The van der Waals surface area contributed by atoms with E-state index in [1.54, 1.807) is 0 Å². The van der Waals surface area contributed by atoms with Crippen molar-refractivity contribution in [1.29, 1.82) is 0 Å². The molecular formula is C11H20ClN3. The zero-order valence-corrected chi connectivity index (χ0v) is 10.7. The molecule has 3 nitrogen and oxygen atoms in total. The third kappa shape index (κ3) is 3.21. The zero-order chi connectivity index (χ0) is 11.4. The smallest absolute Gasteiger partial charge is 0.0844 e. The first-order valence-corrected chi connectivity index (χ1v) is 5.84. The number of nitrogens with zero attached hydrogens (tertiary/aromatic N) is 2. The third-order valence-electron chi connectivity index (χ3n) is 2.52. The van der Waals surface area contributed by atoms with Gasteiger partial charge in [-0.2, -0.15) is 5.10 Å². The number of aromatic nitrogens is 2. The zero-order valence-electron chi connectivity index (χ0n) is 9.97. The standard InChI is InChI=1S/C11H20ClN3/c1-5-13-6-8(2)7-15-10(4)11(12)9(3)14-15/h8,13H,5-7H2,1-4H3. The van der Waals surface area contributed by atoms with E-state index >= 15 is 0 Å². The van der Waals surface area contributed by atoms with Gasteiger partial charge in [0, 0.05) is 6.54 Å². The Morgan fingerprint density at radius 2 is 2.13 bits per heavy atom. The highest BCUT2D eigenvalue weighted by molar-refractivity contribution is 6.31. The fourth-order valence-corrected chi connectivity index (χ4v) is 1.74. The average Bonchev–Trinajstić information content (AvgIpc) is 2.43. The molecular weight excluding hydrogens is 210 g/mol. The first-order valence-electron chi connectivity index (χ1n) is 5.46. The van der Waals surface area contributed by atoms with E-state index in [0.29, 0.717) is 5.92 Å². The molecule has 0 aliphatic carbocycles. The molecule has 1 N–H and O–H groups in total. The highest BCUT2D eigenvalue weighted by Gasteiger charge is 2.11. The summed E-state index contributed by atoms with van der Waals surface area (Å²) in [5, 5.41) is 8.55. The summed E-state index contributed by atoms with van der Waals surface area (Å²) in [7, 11) is 0. The van der Waals surface area contributed by atoms with Gasteiger partial charge < -0.3 is 5.32 Å². The van der Waals surface area contributed by atoms with Crippen LogP contribution in [0.25, 0.3) is 0 Å². The summed E-state index contributed by atoms with van der Waals surface area (Å²) in [6.07, 6.45) is 0. The van der Waals surface area contributed by atoms with Crippen molar-refractivity contribution in [1.82, 2.24) is 15.1 Å². The molecule has 0 aromatic carbocycles. The maximum absolute atomic E-state index is 6.09. The largest absolute Gasteiger partial charge is 0.317 e. The normalized spacial score (nSPS) is 13.1. The first kappa shape index (κ1) is 12.5. The Morgan fingerprint density at radius 1 is 1.47 bits per heavy atom. The third-order valence-corrected chi connectivity index (χ3v) is 3.07. The molecule has 86 valence electrons. The fraction of sp³-hybridized carbons (Fsp3) is 0.727. The van der Waals surface area contributed by atoms with Crippen molar-refractivity contribution >= 4 is 11.6 Å². The molecule has 1 unspecified atom stereocenters. The Morgan fingerprint density at radius 3 is 2.60 bits per heavy atom. The number of hydrogen-bond donors (Lipinski definition) is 1. The van der Waals surface area contributed by atoms with Crippen LogP contribution in [-0.2, 0) is 6.54 Å². The van der Waals surface area contributed by atoms with E-state index in [4.69, 9.17) is 11.6 Å². The number of hydrogen-bond acceptors (Lipinski definition) is 2. The summed E-state index contributed by atoms with van der Waals surface area (Å²) >= 11 is 6.09. The Balaban J connectivity index is 2.60. The van der Waals surface area contributed by atoms with E-state index in [-0.39, 0.29) is 0 Å². The topological polar surface area (TPSA) is 29.9 Å². The van der Waals surface area contributed by atoms with E-state index in [1.165, 1.54) is 0 Å². The van der Waals surface area contributed by atoms with E-state index in [1.807, 2.05) is 18.5 Å². The second-order valence-electron chi connectivity index (χ2n) is 4.08. The van der Waals surface area contributed by atoms with Crippen LogP contribution in [0.2, 0.25) is 5.02 Å². The molecule has 1 heterocycles. The summed E-state index contributed by atoms with van der Waals surface area (Å²) in [4.78, 5) is 0. The van der Waals surface area contributed by atoms with Crippen molar-refractivity contribution < 1.29 is 0 Å². The quantitative estimate of drug-likeness (QED) is 0.841. The minimum absolute atomic E-state index is 0.569. The first-order chi connectivity index (χ1) is 7.06. The Bertz CT molecular complexity index is 320. The van der Waals surface area contributed by atoms with Crippen LogP contribution in [0.5, 0.6) is 0 Å². The van der Waals surface area contributed by atoms with Crippen LogP contribution in [0.4, 0.5) is 0 Å². The van der Waals surface area contributed by atoms with E-state index in [2.05, 4.69) is 24.3 Å². The van der Waals surface area contributed by atoms with Crippen molar-refractivity contribution in [2.75, 3.05) is 13.1 Å². The predicted molar refractivity (Wildman–Crippen MR) is 64.4 cm³/mol. The van der Waals surface area contributed by atoms with E-state index in [9.17, 15) is 0 Å². The van der Waals surface area contributed by atoms with Gasteiger partial charge in [-0.05, 0) is 32.9 Å². The van der Waals surface area contributed by atoms with Crippen molar-refractivity contribution in [3.63, 3.8) is 0 Å². The maximum Gasteiger partial charge on any atom is 0.0844 e. The Labute approximate surface area is 96.8 Å². The van der Waals surface area contributed by atoms with Crippen LogP contribution in [0, 0.1) is 19.8 Å². The fourth-order valence-electron chi connectivity index (χ4n) is 1.60. The highest BCUT2D eigenvalue weighted by atomic mass is 35.5. The van der Waals surface area contributed by atoms with Crippen LogP contribution in [0.3, 0.4) is 0 Å². The molecule has 0 fully saturated rings. The lowest BCUT2D eigenvalue weighted by Crippen LogP contribution is -2.24. The minimum Gasteiger partial charge on any atom is -0.317 e. The van der Waals surface area contributed by atoms with Gasteiger partial charge in [-0.25, -0.2) is 0 Å². The molecule has 1 atom stereocenters. The van der Waals surface area contributed by atoms with Crippen LogP contribution >= 0.6 is 11.6 Å². The number of aryl methyl sites for hydroxylation is 1. The molecule has 0 bridgehead atoms. The highest BCUT2D eigenvalue weighted by Crippen LogP contribution is 2.19. The summed E-state index contributed by atoms with van der Waals surface area (Å²) in [6, 6.07) is 0. The summed E-state index contributed by atoms with van der Waals surface area (Å²) < 4.78 is 2.00. The van der Waals surface area contributed by atoms with E-state index < -0.39 is 0 Å². The summed E-state index contributed by atoms with van der Waals surface area (Å²) in [5.41, 5.74) is 1.99. The molecule has 1 aromatic heterocycles. The molecule has 0 spiro atoms. The molecule has 4 heteroatoms. The predicted octanol–water partition coefficient (Wildman–Crippen LogP) is 2.40. The van der Waals surface area contributed by atoms with Crippen molar-refractivity contribution in [2.45, 2.75) is 34.2 Å². The molecule has 1 rings (SSSR count). The molecule has 0 saturated carbocycles. The van der Waals surface area contributed by atoms with Crippen LogP contribution < -0.4 is 5.32 Å². The van der Waals surface area contributed by atoms with Crippen molar-refractivity contribution in [3.8, 4) is 0 Å². The van der Waals surface area contributed by atoms with Gasteiger partial charge >= 0.3 is 0 Å². The maximum atomic E-state index is 6.09. The van der Waals surface area contributed by atoms with Gasteiger partial charge in [0.05, 0.1) is 16.4 Å². The van der Waals surface area contributed by atoms with Gasteiger partial charge in [-0.3, -0.25) is 4.68 Å². The lowest BCUT2D eigenvalue weighted by atomic mass is 10.2. The van der Waals surface area contributed by atoms with Crippen molar-refractivity contribution in [2.24, 2.45) is 5.92 Å². The molecule has 0 amide bonds. The van der Waals surface area contributed by atoms with Crippen LogP contribution in [-0.4, -0.2) is 22.9 Å². The average molecular weight is 230 g/mol. The molecule has 0 radical (unpaired) electrons. The van der Waals surface area contributed by atoms with Gasteiger partial charge in [-0.1, -0.05) is 25.4 Å². The second kappa shape index (κ2) is 5.52.